The zero-order valence-electron chi connectivity index (χ0n) is 29.2. The number of aliphatic imine (C=N–C) groups is 1. The number of hydrogen-bond acceptors (Lipinski definition) is 7. The normalized spacial score (nSPS) is 32.1. The van der Waals surface area contributed by atoms with E-state index in [2.05, 4.69) is 64.1 Å². The van der Waals surface area contributed by atoms with E-state index in [1.807, 2.05) is 5.43 Å². The SMILES string of the molecule is CCCC(C)C1CCCC(C(=O)N[C@@H](CCCN=C(N)N[N+](=O)[O-])C(=O)N[C@@H](CC(C)C)B2O[C@@H]3C[C@@H]4C[C@@H](C4(C)C)[C@]3(C)O2)C1. The Morgan fingerprint density at radius 2 is 1.85 bits per heavy atom. The number of hydrazine groups is 1. The van der Waals surface area contributed by atoms with Crippen molar-refractivity contribution < 1.29 is 23.9 Å². The first kappa shape index (κ1) is 36.4. The molecule has 5 N–H and O–H groups in total. The van der Waals surface area contributed by atoms with Crippen molar-refractivity contribution in [2.45, 2.75) is 143 Å². The molecule has 13 heteroatoms. The van der Waals surface area contributed by atoms with E-state index >= 15 is 0 Å². The van der Waals surface area contributed by atoms with Crippen molar-refractivity contribution in [2.75, 3.05) is 6.54 Å². The fraction of sp³-hybridized carbons (Fsp3) is 0.909. The maximum Gasteiger partial charge on any atom is 0.481 e. The third kappa shape index (κ3) is 8.35. The van der Waals surface area contributed by atoms with Gasteiger partial charge in [0.2, 0.25) is 11.8 Å². The Bertz CT molecular complexity index is 1120. The number of carbonyl (C=O) groups excluding carboxylic acids is 2. The second-order valence-corrected chi connectivity index (χ2v) is 15.8. The average Bonchev–Trinajstić information content (AvgIpc) is 3.35. The number of nitrogens with one attached hydrogen (secondary N) is 3. The summed E-state index contributed by atoms with van der Waals surface area (Å²) < 4.78 is 13.3. The Labute approximate surface area is 275 Å². The molecule has 5 aliphatic rings. The van der Waals surface area contributed by atoms with Crippen LogP contribution in [0.1, 0.15) is 119 Å². The van der Waals surface area contributed by atoms with Crippen molar-refractivity contribution in [3.05, 3.63) is 10.1 Å². The van der Waals surface area contributed by atoms with Gasteiger partial charge in [0.1, 0.15) is 6.04 Å². The van der Waals surface area contributed by atoms with Crippen LogP contribution in [0.15, 0.2) is 4.99 Å². The summed E-state index contributed by atoms with van der Waals surface area (Å²) in [5.41, 5.74) is 7.24. The number of hydrogen-bond donors (Lipinski definition) is 4. The molecule has 4 aliphatic carbocycles. The number of guanidine groups is 1. The van der Waals surface area contributed by atoms with Crippen LogP contribution in [0.2, 0.25) is 0 Å². The van der Waals surface area contributed by atoms with Crippen LogP contribution in [0.3, 0.4) is 0 Å². The minimum Gasteiger partial charge on any atom is -0.404 e. The molecule has 3 unspecified atom stereocenters. The summed E-state index contributed by atoms with van der Waals surface area (Å²) in [5, 5.41) is 16.2. The molecule has 0 radical (unpaired) electrons. The molecule has 5 rings (SSSR count). The van der Waals surface area contributed by atoms with Crippen LogP contribution in [-0.4, -0.2) is 60.2 Å². The molecule has 1 heterocycles. The summed E-state index contributed by atoms with van der Waals surface area (Å²) in [5.74, 6) is 1.24. The van der Waals surface area contributed by atoms with Gasteiger partial charge in [0.15, 0.2) is 5.03 Å². The van der Waals surface area contributed by atoms with Crippen molar-refractivity contribution in [3.63, 3.8) is 0 Å². The highest BCUT2D eigenvalue weighted by molar-refractivity contribution is 6.48. The van der Waals surface area contributed by atoms with Gasteiger partial charge in [-0.15, -0.1) is 0 Å². The largest absolute Gasteiger partial charge is 0.481 e. The van der Waals surface area contributed by atoms with Crippen LogP contribution in [-0.2, 0) is 18.9 Å². The second kappa shape index (κ2) is 15.2. The molecule has 260 valence electrons. The highest BCUT2D eigenvalue weighted by Gasteiger charge is 2.68. The molecule has 0 aromatic heterocycles. The highest BCUT2D eigenvalue weighted by Crippen LogP contribution is 2.65. The van der Waals surface area contributed by atoms with Gasteiger partial charge in [-0.25, -0.2) is 15.1 Å². The van der Waals surface area contributed by atoms with Crippen LogP contribution in [0.25, 0.3) is 0 Å². The number of amides is 2. The molecule has 5 fully saturated rings. The van der Waals surface area contributed by atoms with Crippen molar-refractivity contribution in [2.24, 2.45) is 51.6 Å². The Morgan fingerprint density at radius 1 is 1.11 bits per heavy atom. The minimum absolute atomic E-state index is 0.00165. The van der Waals surface area contributed by atoms with E-state index in [-0.39, 0.29) is 53.6 Å². The molecule has 0 spiro atoms. The molecule has 0 aromatic carbocycles. The number of carbonyl (C=O) groups is 2. The summed E-state index contributed by atoms with van der Waals surface area (Å²) in [6.07, 6.45) is 9.60. The zero-order chi connectivity index (χ0) is 33.8. The summed E-state index contributed by atoms with van der Waals surface area (Å²) in [7, 11) is -0.565. The molecular formula is C33H59BN6O6. The van der Waals surface area contributed by atoms with Crippen LogP contribution in [0, 0.1) is 51.0 Å². The van der Waals surface area contributed by atoms with Gasteiger partial charge < -0.3 is 25.7 Å². The first-order valence-corrected chi connectivity index (χ1v) is 17.8. The topological polar surface area (TPSA) is 170 Å². The van der Waals surface area contributed by atoms with Crippen LogP contribution in [0.5, 0.6) is 0 Å². The molecule has 1 aliphatic heterocycles. The van der Waals surface area contributed by atoms with E-state index < -0.39 is 23.8 Å². The molecule has 1 saturated heterocycles. The Kier molecular flexibility index (Phi) is 12.1. The lowest BCUT2D eigenvalue weighted by Gasteiger charge is -2.64. The fourth-order valence-corrected chi connectivity index (χ4v) is 8.96. The lowest BCUT2D eigenvalue weighted by atomic mass is 9.43. The summed E-state index contributed by atoms with van der Waals surface area (Å²) in [6.45, 7) is 15.7. The third-order valence-electron chi connectivity index (χ3n) is 11.8. The molecule has 9 atom stereocenters. The van der Waals surface area contributed by atoms with Crippen LogP contribution in [0.4, 0.5) is 0 Å². The maximum absolute atomic E-state index is 14.0. The maximum atomic E-state index is 14.0. The van der Waals surface area contributed by atoms with Gasteiger partial charge in [-0.05, 0) is 86.9 Å². The smallest absolute Gasteiger partial charge is 0.404 e. The fourth-order valence-electron chi connectivity index (χ4n) is 8.96. The quantitative estimate of drug-likeness (QED) is 0.0507. The van der Waals surface area contributed by atoms with Crippen molar-refractivity contribution >= 4 is 24.9 Å². The number of nitrogens with zero attached hydrogens (tertiary/aromatic N) is 2. The van der Waals surface area contributed by atoms with Gasteiger partial charge >= 0.3 is 7.12 Å². The monoisotopic (exact) mass is 646 g/mol. The molecule has 46 heavy (non-hydrogen) atoms. The van der Waals surface area contributed by atoms with Gasteiger partial charge in [0.25, 0.3) is 5.96 Å². The molecule has 2 amide bonds. The van der Waals surface area contributed by atoms with Crippen molar-refractivity contribution in [3.8, 4) is 0 Å². The summed E-state index contributed by atoms with van der Waals surface area (Å²) in [4.78, 5) is 42.3. The van der Waals surface area contributed by atoms with E-state index in [9.17, 15) is 19.7 Å². The molecule has 2 bridgehead atoms. The molecular weight excluding hydrogens is 587 g/mol. The van der Waals surface area contributed by atoms with Gasteiger partial charge in [-0.2, -0.15) is 0 Å². The molecule has 4 saturated carbocycles. The lowest BCUT2D eigenvalue weighted by Crippen LogP contribution is -2.65. The number of nitro groups is 1. The van der Waals surface area contributed by atoms with E-state index in [1.54, 1.807) is 0 Å². The van der Waals surface area contributed by atoms with Gasteiger partial charge in [0, 0.05) is 12.5 Å². The summed E-state index contributed by atoms with van der Waals surface area (Å²) >= 11 is 0. The van der Waals surface area contributed by atoms with Crippen LogP contribution >= 0.6 is 0 Å². The third-order valence-corrected chi connectivity index (χ3v) is 11.8. The van der Waals surface area contributed by atoms with Gasteiger partial charge in [-0.3, -0.25) is 9.59 Å². The average molecular weight is 647 g/mol. The predicted molar refractivity (Wildman–Crippen MR) is 179 cm³/mol. The highest BCUT2D eigenvalue weighted by atomic mass is 16.7. The first-order chi connectivity index (χ1) is 21.6. The zero-order valence-corrected chi connectivity index (χ0v) is 29.2. The molecule has 12 nitrogen and oxygen atoms in total. The lowest BCUT2D eigenvalue weighted by molar-refractivity contribution is -0.525. The first-order valence-electron chi connectivity index (χ1n) is 17.8. The number of rotatable bonds is 15. The van der Waals surface area contributed by atoms with Gasteiger partial charge in [0.05, 0.1) is 17.6 Å². The number of nitrogens with two attached hydrogens (primary N) is 1. The second-order valence-electron chi connectivity index (χ2n) is 15.8. The summed E-state index contributed by atoms with van der Waals surface area (Å²) in [6, 6.07) is -0.790. The van der Waals surface area contributed by atoms with E-state index in [1.165, 1.54) is 0 Å². The Balaban J connectivity index is 1.45. The van der Waals surface area contributed by atoms with E-state index in [4.69, 9.17) is 15.0 Å². The Hall–Kier alpha value is -2.41. The predicted octanol–water partition coefficient (Wildman–Crippen LogP) is 4.39. The van der Waals surface area contributed by atoms with Gasteiger partial charge in [-0.1, -0.05) is 72.7 Å². The van der Waals surface area contributed by atoms with Crippen molar-refractivity contribution in [1.29, 1.82) is 0 Å². The molecule has 0 aromatic rings. The van der Waals surface area contributed by atoms with E-state index in [0.29, 0.717) is 42.9 Å². The van der Waals surface area contributed by atoms with Crippen LogP contribution < -0.4 is 21.8 Å². The van der Waals surface area contributed by atoms with E-state index in [0.717, 1.165) is 51.4 Å². The minimum atomic E-state index is -0.790. The Morgan fingerprint density at radius 3 is 2.50 bits per heavy atom. The van der Waals surface area contributed by atoms with Crippen molar-refractivity contribution in [1.82, 2.24) is 16.1 Å². The standard InChI is InChI=1S/C33H59BN6O6/c1-8-11-21(4)22-12-9-13-23(17-22)29(41)37-25(14-10-15-36-31(35)39-40(43)44)30(42)38-28(16-20(2)3)34-45-27-19-24-18-26(32(24,5)6)33(27,7)46-34/h20-28H,8-19H2,1-7H3,(H,37,41)(H,38,42)(H3,35,36,39)/t21?,22?,23?,24-,25-,26-,27+,28-,33-/m0/s1.